The molecule has 1 aromatic heterocycles. The van der Waals surface area contributed by atoms with Crippen LogP contribution in [0, 0.1) is 5.82 Å². The van der Waals surface area contributed by atoms with Crippen LogP contribution < -0.4 is 15.4 Å². The second kappa shape index (κ2) is 11.3. The molecule has 0 saturated heterocycles. The standard InChI is InChI=1S/C20H23FN6O.HI/c1-15(28-18-10-8-16(21)9-11-18)12-23-20(22-2)24-13-19-26-25-14-27(19)17-6-4-3-5-7-17;/h3-11,14-15H,12-13H2,1-2H3,(H2,22,23,24);1H. The summed E-state index contributed by atoms with van der Waals surface area (Å²) < 4.78 is 20.6. The van der Waals surface area contributed by atoms with Gasteiger partial charge in [0, 0.05) is 12.7 Å². The Kier molecular flexibility index (Phi) is 8.84. The number of nitrogens with one attached hydrogen (secondary N) is 2. The third-order valence-corrected chi connectivity index (χ3v) is 4.00. The molecule has 1 heterocycles. The van der Waals surface area contributed by atoms with Crippen molar-refractivity contribution in [2.24, 2.45) is 4.99 Å². The van der Waals surface area contributed by atoms with Crippen molar-refractivity contribution in [1.82, 2.24) is 25.4 Å². The molecular formula is C20H24FIN6O. The predicted octanol–water partition coefficient (Wildman–Crippen LogP) is 3.16. The smallest absolute Gasteiger partial charge is 0.191 e. The number of benzene rings is 2. The Morgan fingerprint density at radius 2 is 1.86 bits per heavy atom. The van der Waals surface area contributed by atoms with E-state index in [-0.39, 0.29) is 35.9 Å². The van der Waals surface area contributed by atoms with E-state index in [1.54, 1.807) is 25.5 Å². The van der Waals surface area contributed by atoms with Gasteiger partial charge >= 0.3 is 0 Å². The molecule has 9 heteroatoms. The summed E-state index contributed by atoms with van der Waals surface area (Å²) in [7, 11) is 1.70. The lowest BCUT2D eigenvalue weighted by atomic mass is 10.3. The Bertz CT molecular complexity index is 901. The summed E-state index contributed by atoms with van der Waals surface area (Å²) in [6.07, 6.45) is 1.55. The fourth-order valence-corrected chi connectivity index (χ4v) is 2.59. The van der Waals surface area contributed by atoms with Gasteiger partial charge in [-0.2, -0.15) is 0 Å². The van der Waals surface area contributed by atoms with Crippen molar-refractivity contribution in [2.45, 2.75) is 19.6 Å². The number of rotatable bonds is 7. The molecule has 29 heavy (non-hydrogen) atoms. The number of nitrogens with zero attached hydrogens (tertiary/aromatic N) is 4. The number of guanidine groups is 1. The Morgan fingerprint density at radius 3 is 2.55 bits per heavy atom. The second-order valence-electron chi connectivity index (χ2n) is 6.14. The minimum absolute atomic E-state index is 0. The molecule has 0 spiro atoms. The number of hydrogen-bond donors (Lipinski definition) is 2. The van der Waals surface area contributed by atoms with Gasteiger partial charge < -0.3 is 15.4 Å². The molecule has 0 amide bonds. The van der Waals surface area contributed by atoms with Crippen molar-refractivity contribution < 1.29 is 9.13 Å². The molecule has 3 rings (SSSR count). The van der Waals surface area contributed by atoms with E-state index >= 15 is 0 Å². The van der Waals surface area contributed by atoms with Crippen LogP contribution in [0.2, 0.25) is 0 Å². The van der Waals surface area contributed by atoms with Crippen LogP contribution in [-0.2, 0) is 6.54 Å². The average molecular weight is 510 g/mol. The van der Waals surface area contributed by atoms with Gasteiger partial charge in [0.1, 0.15) is 24.0 Å². The summed E-state index contributed by atoms with van der Waals surface area (Å²) >= 11 is 0. The third-order valence-electron chi connectivity index (χ3n) is 4.00. The fourth-order valence-electron chi connectivity index (χ4n) is 2.59. The minimum Gasteiger partial charge on any atom is -0.489 e. The number of halogens is 2. The number of para-hydroxylation sites is 1. The van der Waals surface area contributed by atoms with Gasteiger partial charge in [-0.25, -0.2) is 4.39 Å². The van der Waals surface area contributed by atoms with Crippen LogP contribution in [0.3, 0.4) is 0 Å². The maximum absolute atomic E-state index is 13.0. The molecule has 1 atom stereocenters. The van der Waals surface area contributed by atoms with E-state index < -0.39 is 0 Å². The van der Waals surface area contributed by atoms with Crippen LogP contribution in [0.15, 0.2) is 65.9 Å². The van der Waals surface area contributed by atoms with Crippen LogP contribution in [-0.4, -0.2) is 40.4 Å². The Labute approximate surface area is 186 Å². The van der Waals surface area contributed by atoms with E-state index in [2.05, 4.69) is 25.8 Å². The molecule has 0 aliphatic heterocycles. The van der Waals surface area contributed by atoms with Gasteiger partial charge in [-0.15, -0.1) is 34.2 Å². The molecule has 1 unspecified atom stereocenters. The lowest BCUT2D eigenvalue weighted by Crippen LogP contribution is -2.41. The van der Waals surface area contributed by atoms with E-state index in [4.69, 9.17) is 4.74 Å². The Hall–Kier alpha value is -2.69. The number of aromatic nitrogens is 3. The molecule has 7 nitrogen and oxygen atoms in total. The molecule has 0 fully saturated rings. The first-order chi connectivity index (χ1) is 13.7. The quantitative estimate of drug-likeness (QED) is 0.290. The first kappa shape index (κ1) is 22.6. The molecule has 0 aliphatic carbocycles. The average Bonchev–Trinajstić information content (AvgIpc) is 3.19. The first-order valence-corrected chi connectivity index (χ1v) is 8.97. The molecule has 2 N–H and O–H groups in total. The Morgan fingerprint density at radius 1 is 1.14 bits per heavy atom. The zero-order chi connectivity index (χ0) is 19.8. The molecule has 154 valence electrons. The molecule has 0 saturated carbocycles. The largest absolute Gasteiger partial charge is 0.489 e. The van der Waals surface area contributed by atoms with Crippen molar-refractivity contribution in [3.05, 3.63) is 72.6 Å². The normalized spacial score (nSPS) is 12.0. The van der Waals surface area contributed by atoms with Gasteiger partial charge in [-0.05, 0) is 43.3 Å². The summed E-state index contributed by atoms with van der Waals surface area (Å²) in [6, 6.07) is 15.9. The minimum atomic E-state index is -0.286. The zero-order valence-corrected chi connectivity index (χ0v) is 18.6. The summed E-state index contributed by atoms with van der Waals surface area (Å²) in [4.78, 5) is 4.21. The van der Waals surface area contributed by atoms with Crippen molar-refractivity contribution >= 4 is 29.9 Å². The number of hydrogen-bond acceptors (Lipinski definition) is 4. The Balaban J connectivity index is 0.00000300. The highest BCUT2D eigenvalue weighted by Crippen LogP contribution is 2.12. The summed E-state index contributed by atoms with van der Waals surface area (Å²) in [5, 5.41) is 14.6. The van der Waals surface area contributed by atoms with Gasteiger partial charge in [-0.3, -0.25) is 9.56 Å². The van der Waals surface area contributed by atoms with Crippen LogP contribution in [0.4, 0.5) is 4.39 Å². The fraction of sp³-hybridized carbons (Fsp3) is 0.250. The van der Waals surface area contributed by atoms with E-state index in [1.165, 1.54) is 12.1 Å². The van der Waals surface area contributed by atoms with E-state index in [1.807, 2.05) is 41.8 Å². The lowest BCUT2D eigenvalue weighted by molar-refractivity contribution is 0.223. The van der Waals surface area contributed by atoms with E-state index in [0.717, 1.165) is 11.5 Å². The van der Waals surface area contributed by atoms with Crippen LogP contribution >= 0.6 is 24.0 Å². The lowest BCUT2D eigenvalue weighted by Gasteiger charge is -2.17. The first-order valence-electron chi connectivity index (χ1n) is 8.97. The highest BCUT2D eigenvalue weighted by molar-refractivity contribution is 14.0. The highest BCUT2D eigenvalue weighted by Gasteiger charge is 2.09. The van der Waals surface area contributed by atoms with Gasteiger partial charge in [0.05, 0.1) is 13.1 Å². The molecule has 3 aromatic rings. The second-order valence-corrected chi connectivity index (χ2v) is 6.14. The maximum atomic E-state index is 13.0. The van der Waals surface area contributed by atoms with Crippen molar-refractivity contribution in [2.75, 3.05) is 13.6 Å². The molecule has 0 bridgehead atoms. The van der Waals surface area contributed by atoms with Crippen molar-refractivity contribution in [3.8, 4) is 11.4 Å². The van der Waals surface area contributed by atoms with E-state index in [9.17, 15) is 4.39 Å². The van der Waals surface area contributed by atoms with Crippen LogP contribution in [0.25, 0.3) is 5.69 Å². The maximum Gasteiger partial charge on any atom is 0.191 e. The van der Waals surface area contributed by atoms with Crippen molar-refractivity contribution in [1.29, 1.82) is 0 Å². The highest BCUT2D eigenvalue weighted by atomic mass is 127. The third kappa shape index (κ3) is 6.70. The monoisotopic (exact) mass is 510 g/mol. The number of aliphatic imine (C=N–C) groups is 1. The van der Waals surface area contributed by atoms with Gasteiger partial charge in [0.2, 0.25) is 0 Å². The number of ether oxygens (including phenoxy) is 1. The predicted molar refractivity (Wildman–Crippen MR) is 121 cm³/mol. The SMILES string of the molecule is CN=C(NCc1nncn1-c1ccccc1)NCC(C)Oc1ccc(F)cc1.I. The summed E-state index contributed by atoms with van der Waals surface area (Å²) in [6.45, 7) is 2.92. The molecular weight excluding hydrogens is 486 g/mol. The summed E-state index contributed by atoms with van der Waals surface area (Å²) in [5.74, 6) is 1.72. The van der Waals surface area contributed by atoms with Crippen LogP contribution in [0.1, 0.15) is 12.7 Å². The topological polar surface area (TPSA) is 76.4 Å². The zero-order valence-electron chi connectivity index (χ0n) is 16.2. The van der Waals surface area contributed by atoms with Gasteiger partial charge in [0.15, 0.2) is 11.8 Å². The van der Waals surface area contributed by atoms with Gasteiger partial charge in [0.25, 0.3) is 0 Å². The molecule has 0 aliphatic rings. The summed E-state index contributed by atoms with van der Waals surface area (Å²) in [5.41, 5.74) is 0.994. The molecule has 0 radical (unpaired) electrons. The van der Waals surface area contributed by atoms with E-state index in [0.29, 0.717) is 24.8 Å². The molecule has 2 aromatic carbocycles. The van der Waals surface area contributed by atoms with Gasteiger partial charge in [-0.1, -0.05) is 18.2 Å². The van der Waals surface area contributed by atoms with Crippen molar-refractivity contribution in [3.63, 3.8) is 0 Å². The van der Waals surface area contributed by atoms with Crippen LogP contribution in [0.5, 0.6) is 5.75 Å².